The second-order valence-corrected chi connectivity index (χ2v) is 4.95. The van der Waals surface area contributed by atoms with Gasteiger partial charge in [-0.25, -0.2) is 0 Å². The third-order valence-corrected chi connectivity index (χ3v) is 3.58. The number of nitrogens with one attached hydrogen (secondary N) is 1. The molecule has 0 bridgehead atoms. The van der Waals surface area contributed by atoms with Crippen molar-refractivity contribution >= 4 is 0 Å². The van der Waals surface area contributed by atoms with Crippen LogP contribution in [0, 0.1) is 0 Å². The molecule has 20 heavy (non-hydrogen) atoms. The molecule has 3 heteroatoms. The Morgan fingerprint density at radius 1 is 1.10 bits per heavy atom. The van der Waals surface area contributed by atoms with Gasteiger partial charge in [0.25, 0.3) is 0 Å². The molecule has 1 atom stereocenters. The second-order valence-electron chi connectivity index (χ2n) is 4.95. The predicted octanol–water partition coefficient (Wildman–Crippen LogP) is 3.91. The van der Waals surface area contributed by atoms with E-state index in [0.717, 1.165) is 36.7 Å². The van der Waals surface area contributed by atoms with Crippen LogP contribution in [0.4, 0.5) is 0 Å². The fraction of sp³-hybridized carbons (Fsp3) is 0.294. The van der Waals surface area contributed by atoms with Crippen molar-refractivity contribution in [3.05, 3.63) is 54.1 Å². The monoisotopic (exact) mass is 269 g/mol. The molecule has 104 valence electrons. The Morgan fingerprint density at radius 3 is 2.75 bits per heavy atom. The number of hydrogen-bond acceptors (Lipinski definition) is 3. The van der Waals surface area contributed by atoms with Crippen molar-refractivity contribution < 1.29 is 9.47 Å². The summed E-state index contributed by atoms with van der Waals surface area (Å²) in [5.74, 6) is 2.66. The van der Waals surface area contributed by atoms with E-state index < -0.39 is 0 Å². The van der Waals surface area contributed by atoms with Gasteiger partial charge in [0.2, 0.25) is 0 Å². The third kappa shape index (κ3) is 2.78. The van der Waals surface area contributed by atoms with E-state index in [1.54, 1.807) is 0 Å². The van der Waals surface area contributed by atoms with Crippen LogP contribution in [0.1, 0.15) is 24.4 Å². The lowest BCUT2D eigenvalue weighted by molar-refractivity contribution is 0.315. The zero-order chi connectivity index (χ0) is 13.8. The smallest absolute Gasteiger partial charge is 0.128 e. The zero-order valence-corrected chi connectivity index (χ0v) is 11.6. The van der Waals surface area contributed by atoms with Crippen molar-refractivity contribution in [1.29, 1.82) is 0 Å². The summed E-state index contributed by atoms with van der Waals surface area (Å²) in [5.41, 5.74) is 1.18. The van der Waals surface area contributed by atoms with Gasteiger partial charge in [-0.15, -0.1) is 0 Å². The highest BCUT2D eigenvalue weighted by Crippen LogP contribution is 2.35. The topological polar surface area (TPSA) is 30.5 Å². The molecule has 0 saturated carbocycles. The van der Waals surface area contributed by atoms with Crippen molar-refractivity contribution in [2.45, 2.75) is 18.9 Å². The van der Waals surface area contributed by atoms with Crippen molar-refractivity contribution in [3.63, 3.8) is 0 Å². The molecule has 1 aliphatic rings. The predicted molar refractivity (Wildman–Crippen MR) is 79.5 cm³/mol. The molecule has 3 rings (SSSR count). The van der Waals surface area contributed by atoms with E-state index in [4.69, 9.17) is 9.47 Å². The van der Waals surface area contributed by atoms with Gasteiger partial charge in [0.05, 0.1) is 6.61 Å². The standard InChI is InChI=1S/C17H19NO2/c1-18-16-8-5-11-19-17-10-9-14(12-15(16)17)20-13-6-3-2-4-7-13/h2-4,6-7,9-10,12,16,18H,5,8,11H2,1H3. The molecule has 2 aromatic rings. The molecule has 0 aliphatic carbocycles. The maximum atomic E-state index is 5.89. The number of para-hydroxylation sites is 1. The molecule has 1 unspecified atom stereocenters. The molecular weight excluding hydrogens is 250 g/mol. The number of hydrogen-bond donors (Lipinski definition) is 1. The lowest BCUT2D eigenvalue weighted by Gasteiger charge is -2.17. The van der Waals surface area contributed by atoms with Crippen molar-refractivity contribution in [1.82, 2.24) is 5.32 Å². The normalized spacial score (nSPS) is 17.8. The van der Waals surface area contributed by atoms with Crippen LogP contribution in [0.2, 0.25) is 0 Å². The highest BCUT2D eigenvalue weighted by atomic mass is 16.5. The third-order valence-electron chi connectivity index (χ3n) is 3.58. The van der Waals surface area contributed by atoms with Gasteiger partial charge in [-0.2, -0.15) is 0 Å². The number of rotatable bonds is 3. The quantitative estimate of drug-likeness (QED) is 0.916. The minimum atomic E-state index is 0.326. The highest BCUT2D eigenvalue weighted by Gasteiger charge is 2.19. The largest absolute Gasteiger partial charge is 0.493 e. The summed E-state index contributed by atoms with van der Waals surface area (Å²) in [6.45, 7) is 0.782. The van der Waals surface area contributed by atoms with Gasteiger partial charge < -0.3 is 14.8 Å². The summed E-state index contributed by atoms with van der Waals surface area (Å²) >= 11 is 0. The van der Waals surface area contributed by atoms with Crippen LogP contribution < -0.4 is 14.8 Å². The lowest BCUT2D eigenvalue weighted by atomic mass is 10.0. The molecular formula is C17H19NO2. The Hall–Kier alpha value is -2.00. The first kappa shape index (κ1) is 13.0. The van der Waals surface area contributed by atoms with E-state index >= 15 is 0 Å². The van der Waals surface area contributed by atoms with Gasteiger partial charge in [0.15, 0.2) is 0 Å². The molecule has 0 fully saturated rings. The van der Waals surface area contributed by atoms with E-state index in [1.165, 1.54) is 5.56 Å². The van der Waals surface area contributed by atoms with Crippen LogP contribution >= 0.6 is 0 Å². The average molecular weight is 269 g/mol. The van der Waals surface area contributed by atoms with Crippen LogP contribution in [0.25, 0.3) is 0 Å². The Labute approximate surface area is 119 Å². The van der Waals surface area contributed by atoms with E-state index in [1.807, 2.05) is 49.5 Å². The van der Waals surface area contributed by atoms with Crippen LogP contribution in [0.15, 0.2) is 48.5 Å². The summed E-state index contributed by atoms with van der Waals surface area (Å²) in [4.78, 5) is 0. The fourth-order valence-electron chi connectivity index (χ4n) is 2.54. The van der Waals surface area contributed by atoms with Gasteiger partial charge in [0.1, 0.15) is 17.2 Å². The maximum absolute atomic E-state index is 5.89. The van der Waals surface area contributed by atoms with Crippen LogP contribution in [0.5, 0.6) is 17.2 Å². The zero-order valence-electron chi connectivity index (χ0n) is 11.6. The van der Waals surface area contributed by atoms with Crippen LogP contribution in [-0.2, 0) is 0 Å². The Bertz CT molecular complexity index is 568. The first-order valence-corrected chi connectivity index (χ1v) is 7.04. The lowest BCUT2D eigenvalue weighted by Crippen LogP contribution is -2.15. The summed E-state index contributed by atoms with van der Waals surface area (Å²) in [6.07, 6.45) is 2.15. The van der Waals surface area contributed by atoms with Gasteiger partial charge in [-0.05, 0) is 50.2 Å². The van der Waals surface area contributed by atoms with Gasteiger partial charge in [-0.1, -0.05) is 18.2 Å². The first-order chi connectivity index (χ1) is 9.86. The highest BCUT2D eigenvalue weighted by molar-refractivity contribution is 5.44. The SMILES string of the molecule is CNC1CCCOc2ccc(Oc3ccccc3)cc21. The van der Waals surface area contributed by atoms with E-state index in [0.29, 0.717) is 6.04 Å². The Balaban J connectivity index is 1.89. The molecule has 1 heterocycles. The van der Waals surface area contributed by atoms with Crippen molar-refractivity contribution in [2.75, 3.05) is 13.7 Å². The Kier molecular flexibility index (Phi) is 3.88. The summed E-state index contributed by atoms with van der Waals surface area (Å²) in [6, 6.07) is 16.2. The summed E-state index contributed by atoms with van der Waals surface area (Å²) in [5, 5.41) is 3.36. The number of fused-ring (bicyclic) bond motifs is 1. The second kappa shape index (κ2) is 5.97. The minimum Gasteiger partial charge on any atom is -0.493 e. The molecule has 0 amide bonds. The summed E-state index contributed by atoms with van der Waals surface area (Å²) in [7, 11) is 1.99. The summed E-state index contributed by atoms with van der Waals surface area (Å²) < 4.78 is 11.7. The fourth-order valence-corrected chi connectivity index (χ4v) is 2.54. The molecule has 0 aromatic heterocycles. The average Bonchev–Trinajstić information content (AvgIpc) is 2.70. The van der Waals surface area contributed by atoms with Gasteiger partial charge in [-0.3, -0.25) is 0 Å². The van der Waals surface area contributed by atoms with E-state index in [-0.39, 0.29) is 0 Å². The molecule has 1 aliphatic heterocycles. The molecule has 3 nitrogen and oxygen atoms in total. The number of benzene rings is 2. The van der Waals surface area contributed by atoms with Crippen molar-refractivity contribution in [2.24, 2.45) is 0 Å². The van der Waals surface area contributed by atoms with Crippen LogP contribution in [0.3, 0.4) is 0 Å². The van der Waals surface area contributed by atoms with E-state index in [2.05, 4.69) is 11.4 Å². The minimum absolute atomic E-state index is 0.326. The molecule has 0 radical (unpaired) electrons. The Morgan fingerprint density at radius 2 is 1.95 bits per heavy atom. The molecule has 0 spiro atoms. The molecule has 2 aromatic carbocycles. The van der Waals surface area contributed by atoms with Gasteiger partial charge in [0, 0.05) is 11.6 Å². The van der Waals surface area contributed by atoms with Crippen LogP contribution in [-0.4, -0.2) is 13.7 Å². The maximum Gasteiger partial charge on any atom is 0.128 e. The van der Waals surface area contributed by atoms with Crippen molar-refractivity contribution in [3.8, 4) is 17.2 Å². The molecule has 1 N–H and O–H groups in total. The van der Waals surface area contributed by atoms with Gasteiger partial charge >= 0.3 is 0 Å². The first-order valence-electron chi connectivity index (χ1n) is 7.04. The number of ether oxygens (including phenoxy) is 2. The molecule has 0 saturated heterocycles. The van der Waals surface area contributed by atoms with E-state index in [9.17, 15) is 0 Å².